The number of amides is 1. The number of aromatic nitrogens is 2. The van der Waals surface area contributed by atoms with Crippen LogP contribution in [0.2, 0.25) is 35.7 Å². The summed E-state index contributed by atoms with van der Waals surface area (Å²) in [4.78, 5) is 19.4. The summed E-state index contributed by atoms with van der Waals surface area (Å²) < 4.78 is 39.3. The Morgan fingerprint density at radius 2 is 1.97 bits per heavy atom. The molecule has 2 N–H and O–H groups in total. The lowest BCUT2D eigenvalue weighted by Crippen LogP contribution is -2.35. The van der Waals surface area contributed by atoms with Crippen molar-refractivity contribution in [2.45, 2.75) is 42.0 Å². The number of benzene rings is 1. The lowest BCUT2D eigenvalue weighted by Gasteiger charge is -2.25. The van der Waals surface area contributed by atoms with E-state index in [4.69, 9.17) is 38.4 Å². The van der Waals surface area contributed by atoms with E-state index < -0.39 is 24.0 Å². The lowest BCUT2D eigenvalue weighted by atomic mass is 10.4. The van der Waals surface area contributed by atoms with E-state index in [0.29, 0.717) is 17.4 Å². The van der Waals surface area contributed by atoms with Crippen molar-refractivity contribution in [1.29, 1.82) is 0 Å². The molecule has 0 unspecified atom stereocenters. The van der Waals surface area contributed by atoms with Crippen LogP contribution >= 0.6 is 35.0 Å². The second kappa shape index (κ2) is 12.4. The highest BCUT2D eigenvalue weighted by Crippen LogP contribution is 2.35. The number of carbonyl (C=O) groups is 1. The van der Waals surface area contributed by atoms with Crippen LogP contribution in [0, 0.1) is 0 Å². The Hall–Kier alpha value is -1.57. The number of methoxy groups -OCH3 is 1. The Kier molecular flexibility index (Phi) is 10.5. The third-order valence-corrected chi connectivity index (χ3v) is 9.71. The maximum atomic E-state index is 13.6. The van der Waals surface area contributed by atoms with E-state index in [-0.39, 0.29) is 39.8 Å². The van der Waals surface area contributed by atoms with Crippen molar-refractivity contribution in [2.24, 2.45) is 5.73 Å². The molecular weight excluding hydrogens is 539 g/mol. The lowest BCUT2D eigenvalue weighted by molar-refractivity contribution is -0.117. The molecule has 1 aromatic carbocycles. The maximum Gasteiger partial charge on any atom is 0.269 e. The molecule has 34 heavy (non-hydrogen) atoms. The van der Waals surface area contributed by atoms with Gasteiger partial charge in [0.15, 0.2) is 0 Å². The van der Waals surface area contributed by atoms with Crippen LogP contribution in [0.5, 0.6) is 5.88 Å². The van der Waals surface area contributed by atoms with E-state index in [1.807, 2.05) is 0 Å². The summed E-state index contributed by atoms with van der Waals surface area (Å²) in [5.41, 5.74) is 5.17. The van der Waals surface area contributed by atoms with Gasteiger partial charge in [-0.25, -0.2) is 22.7 Å². The van der Waals surface area contributed by atoms with Crippen LogP contribution in [0.25, 0.3) is 0 Å². The Morgan fingerprint density at radius 3 is 2.59 bits per heavy atom. The van der Waals surface area contributed by atoms with Crippen molar-refractivity contribution in [3.8, 4) is 5.88 Å². The second-order valence-electron chi connectivity index (χ2n) is 8.36. The Morgan fingerprint density at radius 1 is 1.26 bits per heavy atom. The molecule has 0 aliphatic heterocycles. The predicted molar refractivity (Wildman–Crippen MR) is 138 cm³/mol. The van der Waals surface area contributed by atoms with Crippen LogP contribution in [0.15, 0.2) is 34.3 Å². The molecule has 0 bridgehead atoms. The number of hydrogen-bond acceptors (Lipinski definition) is 8. The van der Waals surface area contributed by atoms with E-state index >= 15 is 0 Å². The summed E-state index contributed by atoms with van der Waals surface area (Å²) in [6.07, 6.45) is 1.56. The van der Waals surface area contributed by atoms with E-state index in [1.54, 1.807) is 0 Å². The fourth-order valence-corrected chi connectivity index (χ4v) is 6.14. The molecule has 0 atom stereocenters. The third kappa shape index (κ3) is 7.99. The van der Waals surface area contributed by atoms with Gasteiger partial charge in [-0.3, -0.25) is 4.79 Å². The minimum absolute atomic E-state index is 0.0282. The Labute approximate surface area is 215 Å². The number of hydrogen-bond donors (Lipinski definition) is 1. The molecule has 0 aliphatic carbocycles. The molecule has 2 rings (SSSR count). The molecule has 14 heteroatoms. The fraction of sp³-hybridized carbons (Fsp3) is 0.450. The summed E-state index contributed by atoms with van der Waals surface area (Å²) in [7, 11) is -4.29. The zero-order valence-electron chi connectivity index (χ0n) is 19.4. The number of nitrogens with two attached hydrogens (primary N) is 1. The summed E-state index contributed by atoms with van der Waals surface area (Å²) >= 11 is 13.5. The quantitative estimate of drug-likeness (QED) is 0.165. The van der Waals surface area contributed by atoms with Crippen LogP contribution in [0.4, 0.5) is 5.82 Å². The van der Waals surface area contributed by atoms with Gasteiger partial charge in [0.2, 0.25) is 11.7 Å². The maximum absolute atomic E-state index is 13.6. The number of anilines is 1. The number of nitrogens with zero attached hydrogens (tertiary/aromatic N) is 3. The van der Waals surface area contributed by atoms with Gasteiger partial charge >= 0.3 is 0 Å². The van der Waals surface area contributed by atoms with Crippen LogP contribution < -0.4 is 14.8 Å². The van der Waals surface area contributed by atoms with Crippen LogP contribution in [-0.4, -0.2) is 58.6 Å². The highest BCUT2D eigenvalue weighted by molar-refractivity contribution is 7.99. The van der Waals surface area contributed by atoms with Crippen molar-refractivity contribution in [2.75, 3.05) is 30.5 Å². The van der Waals surface area contributed by atoms with Crippen molar-refractivity contribution >= 4 is 64.8 Å². The molecule has 1 aromatic heterocycles. The van der Waals surface area contributed by atoms with Crippen LogP contribution in [0.3, 0.4) is 0 Å². The van der Waals surface area contributed by atoms with Crippen molar-refractivity contribution in [3.63, 3.8) is 0 Å². The standard InChI is InChI=1S/C20H28Cl2N4O5S2Si/c1-30-20-19(24-12-17(25-20)32-10-8-16(23)27)26(13-31-9-11-34(2,3)4)33(28,29)15-7-5-6-14(21)18(15)22/h5-7,12H,8-11,13H2,1-4H3,(H2,23,27). The molecule has 0 fully saturated rings. The predicted octanol–water partition coefficient (Wildman–Crippen LogP) is 4.27. The largest absolute Gasteiger partial charge is 0.478 e. The number of halogens is 2. The van der Waals surface area contributed by atoms with Crippen LogP contribution in [0.1, 0.15) is 6.42 Å². The fourth-order valence-electron chi connectivity index (χ4n) is 2.56. The minimum Gasteiger partial charge on any atom is -0.478 e. The topological polar surface area (TPSA) is 125 Å². The van der Waals surface area contributed by atoms with E-state index in [1.165, 1.54) is 43.3 Å². The SMILES string of the molecule is COc1nc(SCCC(N)=O)cnc1N(COCC[Si](C)(C)C)S(=O)(=O)c1cccc(Cl)c1Cl. The Bertz CT molecular complexity index is 1120. The summed E-state index contributed by atoms with van der Waals surface area (Å²) in [5, 5.41) is 0.433. The molecule has 0 saturated heterocycles. The normalized spacial score (nSPS) is 11.9. The molecule has 0 spiro atoms. The monoisotopic (exact) mass is 566 g/mol. The van der Waals surface area contributed by atoms with Crippen molar-refractivity contribution in [1.82, 2.24) is 9.97 Å². The average Bonchev–Trinajstić information content (AvgIpc) is 2.74. The molecule has 0 radical (unpaired) electrons. The van der Waals surface area contributed by atoms with Gasteiger partial charge in [0.25, 0.3) is 15.9 Å². The first kappa shape index (κ1) is 28.7. The molecule has 2 aromatic rings. The first-order valence-corrected chi connectivity index (χ1v) is 17.1. The van der Waals surface area contributed by atoms with Gasteiger partial charge in [-0.2, -0.15) is 0 Å². The smallest absolute Gasteiger partial charge is 0.269 e. The summed E-state index contributed by atoms with van der Waals surface area (Å²) in [6, 6.07) is 5.19. The molecule has 1 amide bonds. The first-order chi connectivity index (χ1) is 15.9. The van der Waals surface area contributed by atoms with Gasteiger partial charge in [0.05, 0.1) is 23.4 Å². The molecular formula is C20H28Cl2N4O5S2Si. The number of ether oxygens (including phenoxy) is 2. The molecule has 1 heterocycles. The number of thioether (sulfide) groups is 1. The number of primary amides is 1. The zero-order valence-corrected chi connectivity index (χ0v) is 23.5. The van der Waals surface area contributed by atoms with Crippen LogP contribution in [-0.2, 0) is 19.6 Å². The van der Waals surface area contributed by atoms with Gasteiger partial charge in [-0.05, 0) is 18.2 Å². The summed E-state index contributed by atoms with van der Waals surface area (Å²) in [6.45, 7) is 6.63. The molecule has 188 valence electrons. The number of carbonyl (C=O) groups excluding carboxylic acids is 1. The van der Waals surface area contributed by atoms with Gasteiger partial charge in [-0.1, -0.05) is 48.9 Å². The summed E-state index contributed by atoms with van der Waals surface area (Å²) in [5.74, 6) is -0.132. The molecule has 9 nitrogen and oxygen atoms in total. The van der Waals surface area contributed by atoms with Gasteiger partial charge in [-0.15, -0.1) is 11.8 Å². The number of rotatable bonds is 13. The first-order valence-electron chi connectivity index (χ1n) is 10.2. The second-order valence-corrected chi connectivity index (χ2v) is 17.7. The average molecular weight is 568 g/mol. The van der Waals surface area contributed by atoms with Gasteiger partial charge in [0.1, 0.15) is 16.7 Å². The number of sulfonamides is 1. The molecule has 0 aliphatic rings. The van der Waals surface area contributed by atoms with E-state index in [2.05, 4.69) is 29.6 Å². The zero-order chi connectivity index (χ0) is 25.5. The minimum atomic E-state index is -4.24. The van der Waals surface area contributed by atoms with Crippen molar-refractivity contribution in [3.05, 3.63) is 34.4 Å². The van der Waals surface area contributed by atoms with E-state index in [9.17, 15) is 13.2 Å². The highest BCUT2D eigenvalue weighted by Gasteiger charge is 2.32. The van der Waals surface area contributed by atoms with E-state index in [0.717, 1.165) is 10.3 Å². The Balaban J connectivity index is 2.44. The van der Waals surface area contributed by atoms with Gasteiger partial charge in [0, 0.05) is 26.9 Å². The molecule has 0 saturated carbocycles. The van der Waals surface area contributed by atoms with Crippen molar-refractivity contribution < 1.29 is 22.7 Å². The third-order valence-electron chi connectivity index (χ3n) is 4.42. The van der Waals surface area contributed by atoms with Gasteiger partial charge < -0.3 is 15.2 Å². The highest BCUT2D eigenvalue weighted by atomic mass is 35.5.